The van der Waals surface area contributed by atoms with Gasteiger partial charge in [-0.2, -0.15) is 13.2 Å². The highest BCUT2D eigenvalue weighted by molar-refractivity contribution is 9.10. The molecule has 1 aromatic carbocycles. The van der Waals surface area contributed by atoms with E-state index >= 15 is 0 Å². The third-order valence-corrected chi connectivity index (χ3v) is 4.19. The zero-order valence-electron chi connectivity index (χ0n) is 13.0. The van der Waals surface area contributed by atoms with Crippen LogP contribution in [0.2, 0.25) is 0 Å². The summed E-state index contributed by atoms with van der Waals surface area (Å²) >= 11 is 3.30. The van der Waals surface area contributed by atoms with E-state index < -0.39 is 18.0 Å². The van der Waals surface area contributed by atoms with Crippen LogP contribution in [0.15, 0.2) is 22.7 Å². The zero-order valence-corrected chi connectivity index (χ0v) is 14.6. The summed E-state index contributed by atoms with van der Waals surface area (Å²) in [7, 11) is 1.47. The number of carbonyl (C=O) groups is 1. The zero-order chi connectivity index (χ0) is 18.2. The number of hydrogen-bond donors (Lipinski definition) is 1. The monoisotopic (exact) mass is 419 g/mol. The lowest BCUT2D eigenvalue weighted by molar-refractivity contribution is -0.147. The van der Waals surface area contributed by atoms with Gasteiger partial charge in [0.05, 0.1) is 19.3 Å². The van der Waals surface area contributed by atoms with Crippen molar-refractivity contribution in [3.8, 4) is 5.75 Å². The molecule has 0 saturated heterocycles. The predicted octanol–water partition coefficient (Wildman–Crippen LogP) is 3.12. The quantitative estimate of drug-likeness (QED) is 0.811. The van der Waals surface area contributed by atoms with E-state index in [1.807, 2.05) is 0 Å². The second kappa shape index (κ2) is 6.54. The topological polar surface area (TPSA) is 72.3 Å². The summed E-state index contributed by atoms with van der Waals surface area (Å²) in [5.41, 5.74) is 0.457. The molecule has 0 bridgehead atoms. The van der Waals surface area contributed by atoms with Crippen molar-refractivity contribution in [3.63, 3.8) is 0 Å². The summed E-state index contributed by atoms with van der Waals surface area (Å²) in [6.07, 6.45) is -4.57. The Kier molecular flexibility index (Phi) is 4.58. The minimum atomic E-state index is -4.57. The summed E-state index contributed by atoms with van der Waals surface area (Å²) in [5, 5.41) is 9.42. The number of benzene rings is 1. The smallest absolute Gasteiger partial charge is 0.451 e. The molecule has 0 saturated carbocycles. The minimum absolute atomic E-state index is 0.0257. The maximum atomic E-state index is 12.8. The van der Waals surface area contributed by atoms with Gasteiger partial charge in [-0.25, -0.2) is 4.79 Å². The third-order valence-electron chi connectivity index (χ3n) is 3.70. The molecule has 2 heterocycles. The Morgan fingerprint density at radius 2 is 2.08 bits per heavy atom. The van der Waals surface area contributed by atoms with Crippen LogP contribution >= 0.6 is 15.9 Å². The van der Waals surface area contributed by atoms with Gasteiger partial charge in [0.25, 0.3) is 0 Å². The molecule has 3 rings (SSSR count). The van der Waals surface area contributed by atoms with Crippen LogP contribution in [-0.2, 0) is 19.3 Å². The number of alkyl halides is 3. The van der Waals surface area contributed by atoms with Crippen LogP contribution in [0.1, 0.15) is 11.6 Å². The number of halogens is 4. The molecule has 1 aromatic heterocycles. The van der Waals surface area contributed by atoms with Gasteiger partial charge in [-0.3, -0.25) is 0 Å². The maximum Gasteiger partial charge on any atom is 0.451 e. The first kappa shape index (κ1) is 17.5. The maximum absolute atomic E-state index is 12.8. The number of amides is 2. The standard InChI is InChI=1S/C14H13BrF3N5O2/c1-25-10-6-8(15)2-3-9(10)19-13(24)22-4-5-23-11(7-22)20-21-12(23)14(16,17)18/h2-3,6H,4-5,7H2,1H3,(H,19,24). The van der Waals surface area contributed by atoms with Gasteiger partial charge in [0.1, 0.15) is 5.75 Å². The number of carbonyl (C=O) groups excluding carboxylic acids is 1. The molecule has 7 nitrogen and oxygen atoms in total. The molecule has 0 unspecified atom stereocenters. The van der Waals surface area contributed by atoms with Crippen LogP contribution in [0.5, 0.6) is 5.75 Å². The van der Waals surface area contributed by atoms with E-state index in [9.17, 15) is 18.0 Å². The van der Waals surface area contributed by atoms with E-state index in [0.29, 0.717) is 11.4 Å². The van der Waals surface area contributed by atoms with E-state index in [2.05, 4.69) is 31.4 Å². The van der Waals surface area contributed by atoms with Gasteiger partial charge in [0.15, 0.2) is 5.82 Å². The van der Waals surface area contributed by atoms with E-state index in [1.165, 1.54) is 12.0 Å². The molecule has 1 aliphatic heterocycles. The van der Waals surface area contributed by atoms with Crippen molar-refractivity contribution < 1.29 is 22.7 Å². The minimum Gasteiger partial charge on any atom is -0.495 e. The normalized spacial score (nSPS) is 14.2. The molecule has 25 heavy (non-hydrogen) atoms. The highest BCUT2D eigenvalue weighted by Gasteiger charge is 2.39. The van der Waals surface area contributed by atoms with E-state index in [4.69, 9.17) is 4.74 Å². The van der Waals surface area contributed by atoms with Gasteiger partial charge in [-0.1, -0.05) is 15.9 Å². The van der Waals surface area contributed by atoms with Crippen molar-refractivity contribution in [3.05, 3.63) is 34.3 Å². The van der Waals surface area contributed by atoms with Crippen LogP contribution in [0, 0.1) is 0 Å². The first-order valence-corrected chi connectivity index (χ1v) is 7.97. The first-order valence-electron chi connectivity index (χ1n) is 7.18. The average Bonchev–Trinajstić information content (AvgIpc) is 2.99. The summed E-state index contributed by atoms with van der Waals surface area (Å²) < 4.78 is 45.5. The Bertz CT molecular complexity index is 808. The van der Waals surface area contributed by atoms with Crippen molar-refractivity contribution in [1.29, 1.82) is 0 Å². The SMILES string of the molecule is COc1cc(Br)ccc1NC(=O)N1CCn2c(nnc2C(F)(F)F)C1. The fraction of sp³-hybridized carbons (Fsp3) is 0.357. The van der Waals surface area contributed by atoms with Crippen molar-refractivity contribution in [2.75, 3.05) is 19.0 Å². The third kappa shape index (κ3) is 3.55. The number of rotatable bonds is 2. The molecule has 2 amide bonds. The van der Waals surface area contributed by atoms with Crippen LogP contribution in [-0.4, -0.2) is 39.4 Å². The number of ether oxygens (including phenoxy) is 1. The van der Waals surface area contributed by atoms with Crippen LogP contribution < -0.4 is 10.1 Å². The Balaban J connectivity index is 1.74. The number of methoxy groups -OCH3 is 1. The number of fused-ring (bicyclic) bond motifs is 1. The fourth-order valence-electron chi connectivity index (χ4n) is 2.50. The summed E-state index contributed by atoms with van der Waals surface area (Å²) in [6.45, 7) is 0.0224. The largest absolute Gasteiger partial charge is 0.495 e. The lowest BCUT2D eigenvalue weighted by Gasteiger charge is -2.28. The number of nitrogens with zero attached hydrogens (tertiary/aromatic N) is 4. The van der Waals surface area contributed by atoms with Crippen LogP contribution in [0.25, 0.3) is 0 Å². The Labute approximate surface area is 148 Å². The summed E-state index contributed by atoms with van der Waals surface area (Å²) in [5.74, 6) is -0.490. The van der Waals surface area contributed by atoms with Crippen molar-refractivity contribution >= 4 is 27.6 Å². The predicted molar refractivity (Wildman–Crippen MR) is 85.1 cm³/mol. The number of urea groups is 1. The molecule has 0 aliphatic carbocycles. The lowest BCUT2D eigenvalue weighted by Crippen LogP contribution is -2.41. The molecule has 0 radical (unpaired) electrons. The number of hydrogen-bond acceptors (Lipinski definition) is 4. The van der Waals surface area contributed by atoms with Gasteiger partial charge in [0.2, 0.25) is 5.82 Å². The van der Waals surface area contributed by atoms with Gasteiger partial charge in [0, 0.05) is 17.6 Å². The number of anilines is 1. The van der Waals surface area contributed by atoms with Crippen molar-refractivity contribution in [2.24, 2.45) is 0 Å². The summed E-state index contributed by atoms with van der Waals surface area (Å²) in [4.78, 5) is 13.8. The Morgan fingerprint density at radius 3 is 2.76 bits per heavy atom. The van der Waals surface area contributed by atoms with E-state index in [-0.39, 0.29) is 25.5 Å². The molecule has 11 heteroatoms. The van der Waals surface area contributed by atoms with Gasteiger partial charge >= 0.3 is 12.2 Å². The van der Waals surface area contributed by atoms with Crippen LogP contribution in [0.3, 0.4) is 0 Å². The van der Waals surface area contributed by atoms with E-state index in [0.717, 1.165) is 9.04 Å². The second-order valence-electron chi connectivity index (χ2n) is 5.29. The second-order valence-corrected chi connectivity index (χ2v) is 6.20. The summed E-state index contributed by atoms with van der Waals surface area (Å²) in [6, 6.07) is 4.64. The molecule has 0 fully saturated rings. The first-order chi connectivity index (χ1) is 11.8. The van der Waals surface area contributed by atoms with E-state index in [1.54, 1.807) is 18.2 Å². The van der Waals surface area contributed by atoms with Crippen LogP contribution in [0.4, 0.5) is 23.7 Å². The molecule has 1 aliphatic rings. The van der Waals surface area contributed by atoms with Gasteiger partial charge < -0.3 is 19.5 Å². The highest BCUT2D eigenvalue weighted by Crippen LogP contribution is 2.30. The lowest BCUT2D eigenvalue weighted by atomic mass is 10.3. The van der Waals surface area contributed by atoms with Gasteiger partial charge in [-0.15, -0.1) is 10.2 Å². The molecule has 0 atom stereocenters. The average molecular weight is 420 g/mol. The van der Waals surface area contributed by atoms with Crippen molar-refractivity contribution in [1.82, 2.24) is 19.7 Å². The molecular formula is C14H13BrF3N5O2. The molecular weight excluding hydrogens is 407 g/mol. The molecule has 134 valence electrons. The molecule has 2 aromatic rings. The van der Waals surface area contributed by atoms with Gasteiger partial charge in [-0.05, 0) is 18.2 Å². The number of aromatic nitrogens is 3. The fourth-order valence-corrected chi connectivity index (χ4v) is 2.84. The Hall–Kier alpha value is -2.30. The number of nitrogens with one attached hydrogen (secondary N) is 1. The molecule has 1 N–H and O–H groups in total. The Morgan fingerprint density at radius 1 is 1.32 bits per heavy atom. The molecule has 0 spiro atoms. The highest BCUT2D eigenvalue weighted by atomic mass is 79.9. The van der Waals surface area contributed by atoms with Crippen molar-refractivity contribution in [2.45, 2.75) is 19.3 Å².